The highest BCUT2D eigenvalue weighted by atomic mass is 79.9. The third-order valence-electron chi connectivity index (χ3n) is 2.90. The van der Waals surface area contributed by atoms with Gasteiger partial charge in [0.25, 0.3) is 0 Å². The number of rotatable bonds is 7. The Kier molecular flexibility index (Phi) is 6.82. The molecule has 1 rings (SSSR count). The van der Waals surface area contributed by atoms with E-state index in [4.69, 9.17) is 0 Å². The van der Waals surface area contributed by atoms with Gasteiger partial charge in [-0.3, -0.25) is 0 Å². The van der Waals surface area contributed by atoms with Gasteiger partial charge in [0.15, 0.2) is 0 Å². The van der Waals surface area contributed by atoms with Crippen molar-refractivity contribution in [2.45, 2.75) is 25.8 Å². The molecular weight excluding hydrogens is 295 g/mol. The summed E-state index contributed by atoms with van der Waals surface area (Å²) < 4.78 is 14.6. The fraction of sp³-hybridized carbons (Fsp3) is 0.571. The zero-order chi connectivity index (χ0) is 13.5. The lowest BCUT2D eigenvalue weighted by atomic mass is 10.0. The topological polar surface area (TPSA) is 15.3 Å². The molecule has 0 spiro atoms. The van der Waals surface area contributed by atoms with Gasteiger partial charge < -0.3 is 10.2 Å². The van der Waals surface area contributed by atoms with Gasteiger partial charge >= 0.3 is 0 Å². The molecule has 0 bridgehead atoms. The molecule has 0 radical (unpaired) electrons. The van der Waals surface area contributed by atoms with Crippen LogP contribution < -0.4 is 5.32 Å². The Morgan fingerprint density at radius 3 is 2.67 bits per heavy atom. The minimum absolute atomic E-state index is 0.128. The maximum atomic E-state index is 13.8. The first-order valence-electron chi connectivity index (χ1n) is 6.35. The minimum Gasteiger partial charge on any atom is -0.314 e. The van der Waals surface area contributed by atoms with Gasteiger partial charge in [-0.25, -0.2) is 4.39 Å². The van der Waals surface area contributed by atoms with Crippen LogP contribution in [0.15, 0.2) is 22.7 Å². The molecule has 0 saturated heterocycles. The molecule has 1 N–H and O–H groups in total. The van der Waals surface area contributed by atoms with Crippen molar-refractivity contribution in [3.05, 3.63) is 34.1 Å². The van der Waals surface area contributed by atoms with E-state index in [1.54, 1.807) is 0 Å². The first-order chi connectivity index (χ1) is 8.52. The van der Waals surface area contributed by atoms with E-state index in [9.17, 15) is 4.39 Å². The van der Waals surface area contributed by atoms with Crippen LogP contribution in [0.25, 0.3) is 0 Å². The second-order valence-corrected chi connectivity index (χ2v) is 5.70. The normalized spacial score (nSPS) is 13.0. The molecule has 0 amide bonds. The van der Waals surface area contributed by atoms with E-state index in [1.165, 1.54) is 6.07 Å². The molecule has 102 valence electrons. The molecule has 0 heterocycles. The zero-order valence-corrected chi connectivity index (χ0v) is 12.9. The molecule has 0 aliphatic carbocycles. The van der Waals surface area contributed by atoms with Crippen molar-refractivity contribution in [1.29, 1.82) is 0 Å². The Balaban J connectivity index is 2.64. The highest BCUT2D eigenvalue weighted by Gasteiger charge is 2.12. The average molecular weight is 317 g/mol. The maximum Gasteiger partial charge on any atom is 0.127 e. The van der Waals surface area contributed by atoms with E-state index < -0.39 is 0 Å². The molecule has 0 aliphatic heterocycles. The Labute approximate surface area is 118 Å². The lowest BCUT2D eigenvalue weighted by Crippen LogP contribution is -2.34. The fourth-order valence-electron chi connectivity index (χ4n) is 1.93. The summed E-state index contributed by atoms with van der Waals surface area (Å²) in [5.41, 5.74) is 0.780. The van der Waals surface area contributed by atoms with Crippen LogP contribution >= 0.6 is 15.9 Å². The van der Waals surface area contributed by atoms with Gasteiger partial charge in [0.05, 0.1) is 0 Å². The average Bonchev–Trinajstić information content (AvgIpc) is 2.29. The largest absolute Gasteiger partial charge is 0.314 e. The number of likely N-dealkylation sites (N-methyl/N-ethyl adjacent to an activating group) is 1. The summed E-state index contributed by atoms with van der Waals surface area (Å²) in [5, 5.41) is 3.42. The molecule has 0 aliphatic rings. The first kappa shape index (κ1) is 15.6. The van der Waals surface area contributed by atoms with Crippen molar-refractivity contribution in [2.75, 3.05) is 27.2 Å². The summed E-state index contributed by atoms with van der Waals surface area (Å²) in [7, 11) is 4.12. The summed E-state index contributed by atoms with van der Waals surface area (Å²) in [4.78, 5) is 2.16. The molecule has 18 heavy (non-hydrogen) atoms. The molecule has 0 aromatic heterocycles. The predicted molar refractivity (Wildman–Crippen MR) is 78.4 cm³/mol. The molecule has 1 atom stereocenters. The van der Waals surface area contributed by atoms with E-state index in [2.05, 4.69) is 47.2 Å². The molecule has 0 saturated carbocycles. The van der Waals surface area contributed by atoms with Crippen LogP contribution in [0.4, 0.5) is 4.39 Å². The second-order valence-electron chi connectivity index (χ2n) is 4.79. The van der Waals surface area contributed by atoms with E-state index >= 15 is 0 Å². The third-order valence-corrected chi connectivity index (χ3v) is 3.39. The van der Waals surface area contributed by atoms with Gasteiger partial charge in [-0.05, 0) is 57.7 Å². The first-order valence-corrected chi connectivity index (χ1v) is 7.14. The van der Waals surface area contributed by atoms with E-state index in [0.29, 0.717) is 6.04 Å². The number of hydrogen-bond acceptors (Lipinski definition) is 2. The standard InChI is InChI=1S/C14H22BrFN2/c1-4-17-13(7-8-18(2)3)9-11-5-6-12(15)10-14(11)16/h5-6,10,13,17H,4,7-9H2,1-3H3. The molecule has 0 fully saturated rings. The van der Waals surface area contributed by atoms with Crippen LogP contribution in [0, 0.1) is 5.82 Å². The van der Waals surface area contributed by atoms with Crippen molar-refractivity contribution in [3.8, 4) is 0 Å². The lowest BCUT2D eigenvalue weighted by Gasteiger charge is -2.20. The maximum absolute atomic E-state index is 13.8. The molecule has 1 aromatic carbocycles. The van der Waals surface area contributed by atoms with Crippen molar-refractivity contribution >= 4 is 15.9 Å². The Bertz CT molecular complexity index is 369. The minimum atomic E-state index is -0.128. The zero-order valence-electron chi connectivity index (χ0n) is 11.3. The summed E-state index contributed by atoms with van der Waals surface area (Å²) in [6, 6.07) is 5.62. The summed E-state index contributed by atoms with van der Waals surface area (Å²) in [6.45, 7) is 4.01. The molecule has 1 aromatic rings. The van der Waals surface area contributed by atoms with Crippen molar-refractivity contribution in [2.24, 2.45) is 0 Å². The fourth-order valence-corrected chi connectivity index (χ4v) is 2.26. The quantitative estimate of drug-likeness (QED) is 0.831. The van der Waals surface area contributed by atoms with Crippen LogP contribution in [-0.4, -0.2) is 38.1 Å². The lowest BCUT2D eigenvalue weighted by molar-refractivity contribution is 0.357. The predicted octanol–water partition coefficient (Wildman–Crippen LogP) is 3.06. The Morgan fingerprint density at radius 2 is 2.11 bits per heavy atom. The highest BCUT2D eigenvalue weighted by molar-refractivity contribution is 9.10. The van der Waals surface area contributed by atoms with Crippen molar-refractivity contribution < 1.29 is 4.39 Å². The van der Waals surface area contributed by atoms with Gasteiger partial charge in [-0.1, -0.05) is 28.9 Å². The van der Waals surface area contributed by atoms with Crippen LogP contribution in [-0.2, 0) is 6.42 Å². The van der Waals surface area contributed by atoms with Gasteiger partial charge in [0.2, 0.25) is 0 Å². The second kappa shape index (κ2) is 7.87. The van der Waals surface area contributed by atoms with Crippen LogP contribution in [0.2, 0.25) is 0 Å². The van der Waals surface area contributed by atoms with E-state index in [-0.39, 0.29) is 5.82 Å². The van der Waals surface area contributed by atoms with Gasteiger partial charge in [-0.2, -0.15) is 0 Å². The Morgan fingerprint density at radius 1 is 1.39 bits per heavy atom. The number of halogens is 2. The smallest absolute Gasteiger partial charge is 0.127 e. The van der Waals surface area contributed by atoms with Crippen LogP contribution in [0.1, 0.15) is 18.9 Å². The summed E-state index contributed by atoms with van der Waals surface area (Å²) in [6.07, 6.45) is 1.76. The SMILES string of the molecule is CCNC(CCN(C)C)Cc1ccc(Br)cc1F. The van der Waals surface area contributed by atoms with Crippen LogP contribution in [0.3, 0.4) is 0 Å². The summed E-state index contributed by atoms with van der Waals surface area (Å²) >= 11 is 3.28. The van der Waals surface area contributed by atoms with E-state index in [0.717, 1.165) is 36.0 Å². The van der Waals surface area contributed by atoms with Gasteiger partial charge in [0, 0.05) is 10.5 Å². The van der Waals surface area contributed by atoms with Gasteiger partial charge in [0.1, 0.15) is 5.82 Å². The monoisotopic (exact) mass is 316 g/mol. The molecule has 4 heteroatoms. The molecule has 1 unspecified atom stereocenters. The Hall–Kier alpha value is -0.450. The van der Waals surface area contributed by atoms with E-state index in [1.807, 2.05) is 12.1 Å². The molecule has 2 nitrogen and oxygen atoms in total. The number of nitrogens with one attached hydrogen (secondary N) is 1. The summed E-state index contributed by atoms with van der Waals surface area (Å²) in [5.74, 6) is -0.128. The number of hydrogen-bond donors (Lipinski definition) is 1. The van der Waals surface area contributed by atoms with Crippen molar-refractivity contribution in [1.82, 2.24) is 10.2 Å². The number of nitrogens with zero attached hydrogens (tertiary/aromatic N) is 1. The third kappa shape index (κ3) is 5.46. The highest BCUT2D eigenvalue weighted by Crippen LogP contribution is 2.17. The molecular formula is C14H22BrFN2. The van der Waals surface area contributed by atoms with Crippen LogP contribution in [0.5, 0.6) is 0 Å². The van der Waals surface area contributed by atoms with Crippen molar-refractivity contribution in [3.63, 3.8) is 0 Å². The van der Waals surface area contributed by atoms with Gasteiger partial charge in [-0.15, -0.1) is 0 Å². The number of benzene rings is 1.